The largest absolute Gasteiger partial charge is 0.394 e. The molecule has 0 bridgehead atoms. The van der Waals surface area contributed by atoms with Gasteiger partial charge in [-0.25, -0.2) is 0 Å². The van der Waals surface area contributed by atoms with Crippen molar-refractivity contribution in [3.63, 3.8) is 0 Å². The Morgan fingerprint density at radius 1 is 1.20 bits per heavy atom. The number of aromatic nitrogens is 3. The minimum Gasteiger partial charge on any atom is -0.394 e. The van der Waals surface area contributed by atoms with Crippen LogP contribution in [0.5, 0.6) is 0 Å². The van der Waals surface area contributed by atoms with Crippen LogP contribution >= 0.6 is 0 Å². The molecular weight excluding hydrogens is 252 g/mol. The summed E-state index contributed by atoms with van der Waals surface area (Å²) in [4.78, 5) is 0. The number of nitrogens with zero attached hydrogens (tertiary/aromatic N) is 3. The molecular formula is C15H16N4O. The van der Waals surface area contributed by atoms with E-state index in [1.807, 2.05) is 36.7 Å². The number of aryl methyl sites for hydroxylation is 1. The lowest BCUT2D eigenvalue weighted by atomic mass is 10.1. The van der Waals surface area contributed by atoms with Gasteiger partial charge in [0.2, 0.25) is 0 Å². The van der Waals surface area contributed by atoms with Crippen LogP contribution in [0.2, 0.25) is 0 Å². The highest BCUT2D eigenvalue weighted by molar-refractivity contribution is 5.73. The van der Waals surface area contributed by atoms with Crippen LogP contribution in [0.15, 0.2) is 41.1 Å². The van der Waals surface area contributed by atoms with E-state index in [1.54, 1.807) is 0 Å². The molecule has 5 heteroatoms. The molecule has 1 aromatic carbocycles. The standard InChI is InChI=1S/C15H16N4O/c1-10-14(15-13(16)8-17-20-15)11(2)19(18-10)9-12-6-4-3-5-7-12/h3-8H,9,16H2,1-2H3. The molecule has 0 spiro atoms. The molecule has 0 saturated carbocycles. The fourth-order valence-corrected chi connectivity index (χ4v) is 2.37. The summed E-state index contributed by atoms with van der Waals surface area (Å²) in [6.45, 7) is 4.69. The van der Waals surface area contributed by atoms with Gasteiger partial charge in [0.1, 0.15) is 5.69 Å². The Kier molecular flexibility index (Phi) is 3.02. The second-order valence-corrected chi connectivity index (χ2v) is 4.80. The SMILES string of the molecule is Cc1nn(Cc2ccccc2)c(C)c1-c1oncc1N. The third kappa shape index (κ3) is 2.07. The van der Waals surface area contributed by atoms with E-state index in [9.17, 15) is 0 Å². The second kappa shape index (κ2) is 4.85. The monoisotopic (exact) mass is 268 g/mol. The number of hydrogen-bond acceptors (Lipinski definition) is 4. The molecule has 3 rings (SSSR count). The van der Waals surface area contributed by atoms with Crippen LogP contribution in [0.4, 0.5) is 5.69 Å². The Morgan fingerprint density at radius 3 is 2.60 bits per heavy atom. The fourth-order valence-electron chi connectivity index (χ4n) is 2.37. The number of hydrogen-bond donors (Lipinski definition) is 1. The first-order valence-electron chi connectivity index (χ1n) is 6.45. The molecule has 0 aliphatic heterocycles. The van der Waals surface area contributed by atoms with Gasteiger partial charge in [0.05, 0.1) is 24.0 Å². The number of nitrogens with two attached hydrogens (primary N) is 1. The molecule has 0 radical (unpaired) electrons. The Morgan fingerprint density at radius 2 is 1.95 bits per heavy atom. The molecule has 3 aromatic rings. The Hall–Kier alpha value is -2.56. The first kappa shape index (κ1) is 12.5. The summed E-state index contributed by atoms with van der Waals surface area (Å²) in [5, 5.41) is 8.31. The number of benzene rings is 1. The van der Waals surface area contributed by atoms with Gasteiger partial charge in [-0.3, -0.25) is 4.68 Å². The zero-order chi connectivity index (χ0) is 14.1. The van der Waals surface area contributed by atoms with E-state index in [2.05, 4.69) is 22.4 Å². The van der Waals surface area contributed by atoms with Gasteiger partial charge in [-0.15, -0.1) is 0 Å². The Labute approximate surface area is 117 Å². The van der Waals surface area contributed by atoms with Gasteiger partial charge in [-0.05, 0) is 19.4 Å². The first-order valence-corrected chi connectivity index (χ1v) is 6.45. The summed E-state index contributed by atoms with van der Waals surface area (Å²) in [5.41, 5.74) is 10.5. The summed E-state index contributed by atoms with van der Waals surface area (Å²) in [5.74, 6) is 0.597. The van der Waals surface area contributed by atoms with Crippen molar-refractivity contribution in [3.8, 4) is 11.3 Å². The van der Waals surface area contributed by atoms with Gasteiger partial charge in [-0.2, -0.15) is 5.10 Å². The fraction of sp³-hybridized carbons (Fsp3) is 0.200. The molecule has 2 heterocycles. The van der Waals surface area contributed by atoms with Gasteiger partial charge < -0.3 is 10.3 Å². The van der Waals surface area contributed by atoms with Crippen LogP contribution in [0.25, 0.3) is 11.3 Å². The van der Waals surface area contributed by atoms with Crippen molar-refractivity contribution in [3.05, 3.63) is 53.5 Å². The molecule has 5 nitrogen and oxygen atoms in total. The lowest BCUT2D eigenvalue weighted by Gasteiger charge is -2.05. The topological polar surface area (TPSA) is 69.9 Å². The molecule has 2 N–H and O–H groups in total. The summed E-state index contributed by atoms with van der Waals surface area (Å²) < 4.78 is 7.21. The Bertz CT molecular complexity index is 728. The van der Waals surface area contributed by atoms with Crippen molar-refractivity contribution < 1.29 is 4.52 Å². The van der Waals surface area contributed by atoms with Crippen LogP contribution < -0.4 is 5.73 Å². The van der Waals surface area contributed by atoms with Gasteiger partial charge in [0.15, 0.2) is 5.76 Å². The van der Waals surface area contributed by atoms with Crippen molar-refractivity contribution in [1.29, 1.82) is 0 Å². The van der Waals surface area contributed by atoms with E-state index in [1.165, 1.54) is 11.8 Å². The van der Waals surface area contributed by atoms with E-state index < -0.39 is 0 Å². The maximum absolute atomic E-state index is 5.88. The maximum Gasteiger partial charge on any atom is 0.193 e. The molecule has 0 saturated heterocycles. The highest BCUT2D eigenvalue weighted by atomic mass is 16.5. The third-order valence-electron chi connectivity index (χ3n) is 3.38. The minimum absolute atomic E-state index is 0.537. The lowest BCUT2D eigenvalue weighted by Crippen LogP contribution is -2.03. The van der Waals surface area contributed by atoms with E-state index in [0.717, 1.165) is 23.5 Å². The van der Waals surface area contributed by atoms with Crippen LogP contribution in [0, 0.1) is 13.8 Å². The van der Waals surface area contributed by atoms with Crippen molar-refractivity contribution in [2.24, 2.45) is 0 Å². The highest BCUT2D eigenvalue weighted by Gasteiger charge is 2.19. The molecule has 0 aliphatic rings. The van der Waals surface area contributed by atoms with Crippen LogP contribution in [0.1, 0.15) is 17.0 Å². The molecule has 0 unspecified atom stereocenters. The van der Waals surface area contributed by atoms with E-state index in [-0.39, 0.29) is 0 Å². The summed E-state index contributed by atoms with van der Waals surface area (Å²) in [6, 6.07) is 10.2. The molecule has 0 aliphatic carbocycles. The zero-order valence-corrected chi connectivity index (χ0v) is 11.5. The van der Waals surface area contributed by atoms with Crippen LogP contribution in [-0.4, -0.2) is 14.9 Å². The van der Waals surface area contributed by atoms with E-state index >= 15 is 0 Å². The molecule has 0 amide bonds. The summed E-state index contributed by atoms with van der Waals surface area (Å²) in [6.07, 6.45) is 1.52. The van der Waals surface area contributed by atoms with Gasteiger partial charge in [0.25, 0.3) is 0 Å². The molecule has 0 fully saturated rings. The van der Waals surface area contributed by atoms with Gasteiger partial charge in [-0.1, -0.05) is 35.5 Å². The van der Waals surface area contributed by atoms with Crippen LogP contribution in [0.3, 0.4) is 0 Å². The second-order valence-electron chi connectivity index (χ2n) is 4.80. The average Bonchev–Trinajstić information content (AvgIpc) is 2.96. The maximum atomic E-state index is 5.88. The minimum atomic E-state index is 0.537. The van der Waals surface area contributed by atoms with Gasteiger partial charge in [0, 0.05) is 5.69 Å². The van der Waals surface area contributed by atoms with Crippen molar-refractivity contribution in [2.75, 3.05) is 5.73 Å². The third-order valence-corrected chi connectivity index (χ3v) is 3.38. The van der Waals surface area contributed by atoms with Gasteiger partial charge >= 0.3 is 0 Å². The predicted octanol–water partition coefficient (Wildman–Crippen LogP) is 2.79. The smallest absolute Gasteiger partial charge is 0.193 e. The van der Waals surface area contributed by atoms with E-state index in [4.69, 9.17) is 10.3 Å². The normalized spacial score (nSPS) is 10.9. The zero-order valence-electron chi connectivity index (χ0n) is 11.5. The molecule has 0 atom stereocenters. The van der Waals surface area contributed by atoms with E-state index in [0.29, 0.717) is 11.4 Å². The van der Waals surface area contributed by atoms with Crippen molar-refractivity contribution in [2.45, 2.75) is 20.4 Å². The summed E-state index contributed by atoms with van der Waals surface area (Å²) in [7, 11) is 0. The van der Waals surface area contributed by atoms with Crippen molar-refractivity contribution in [1.82, 2.24) is 14.9 Å². The Balaban J connectivity index is 2.01. The molecule has 20 heavy (non-hydrogen) atoms. The average molecular weight is 268 g/mol. The van der Waals surface area contributed by atoms with Crippen molar-refractivity contribution >= 4 is 5.69 Å². The predicted molar refractivity (Wildman–Crippen MR) is 77.2 cm³/mol. The molecule has 2 aromatic heterocycles. The number of anilines is 1. The lowest BCUT2D eigenvalue weighted by molar-refractivity contribution is 0.432. The first-order chi connectivity index (χ1) is 9.66. The molecule has 102 valence electrons. The highest BCUT2D eigenvalue weighted by Crippen LogP contribution is 2.31. The van der Waals surface area contributed by atoms with Crippen LogP contribution in [-0.2, 0) is 6.54 Å². The number of nitrogen functional groups attached to an aromatic ring is 1. The summed E-state index contributed by atoms with van der Waals surface area (Å²) >= 11 is 0. The quantitative estimate of drug-likeness (QED) is 0.793. The number of rotatable bonds is 3.